The Hall–Kier alpha value is -6.77. The normalized spacial score (nSPS) is 11.2. The molecule has 0 bridgehead atoms. The smallest absolute Gasteiger partial charge is 0.123 e. The number of fused-ring (bicyclic) bond motifs is 1. The van der Waals surface area contributed by atoms with Crippen molar-refractivity contribution in [1.29, 1.82) is 0 Å². The van der Waals surface area contributed by atoms with Gasteiger partial charge in [0.1, 0.15) is 5.82 Å². The average molecular weight is 668 g/mol. The molecule has 0 fully saturated rings. The van der Waals surface area contributed by atoms with Gasteiger partial charge in [0.25, 0.3) is 0 Å². The summed E-state index contributed by atoms with van der Waals surface area (Å²) in [6, 6.07) is 71.5. The lowest BCUT2D eigenvalue weighted by Crippen LogP contribution is -1.98. The predicted molar refractivity (Wildman–Crippen MR) is 216 cm³/mol. The van der Waals surface area contributed by atoms with Crippen LogP contribution in [-0.4, -0.2) is 4.57 Å². The SMILES string of the molecule is Fc1cccc(-c2ccc(-n3c(-c4ccccc4)c(-c4ccc(-c5ccccc5)cc4)c4cc(-c5ccc(-c6ccccc6)cc5)ccc43)cc2)c1. The Kier molecular flexibility index (Phi) is 8.11. The van der Waals surface area contributed by atoms with Gasteiger partial charge in [-0.1, -0.05) is 170 Å². The van der Waals surface area contributed by atoms with E-state index in [1.165, 1.54) is 44.8 Å². The van der Waals surface area contributed by atoms with Crippen LogP contribution in [0.1, 0.15) is 0 Å². The van der Waals surface area contributed by atoms with E-state index in [9.17, 15) is 4.39 Å². The molecule has 9 aromatic rings. The van der Waals surface area contributed by atoms with Crippen LogP contribution in [0.4, 0.5) is 4.39 Å². The van der Waals surface area contributed by atoms with Crippen LogP contribution in [0.2, 0.25) is 0 Å². The van der Waals surface area contributed by atoms with Gasteiger partial charge in [0, 0.05) is 16.6 Å². The molecule has 0 atom stereocenters. The molecule has 0 unspecified atom stereocenters. The zero-order valence-corrected chi connectivity index (χ0v) is 28.5. The zero-order chi connectivity index (χ0) is 34.9. The molecule has 0 N–H and O–H groups in total. The van der Waals surface area contributed by atoms with E-state index in [0.717, 1.165) is 44.7 Å². The van der Waals surface area contributed by atoms with E-state index in [1.807, 2.05) is 6.07 Å². The summed E-state index contributed by atoms with van der Waals surface area (Å²) in [5, 5.41) is 1.17. The van der Waals surface area contributed by atoms with Crippen LogP contribution in [0.15, 0.2) is 206 Å². The highest BCUT2D eigenvalue weighted by atomic mass is 19.1. The minimum absolute atomic E-state index is 0.238. The van der Waals surface area contributed by atoms with Gasteiger partial charge in [-0.05, 0) is 92.0 Å². The van der Waals surface area contributed by atoms with Crippen LogP contribution in [-0.2, 0) is 0 Å². The maximum Gasteiger partial charge on any atom is 0.123 e. The molecular formula is C50H34FN. The van der Waals surface area contributed by atoms with E-state index in [0.29, 0.717) is 0 Å². The molecule has 1 aromatic heterocycles. The Balaban J connectivity index is 1.25. The fourth-order valence-electron chi connectivity index (χ4n) is 7.32. The third kappa shape index (κ3) is 5.91. The Labute approximate surface area is 303 Å². The van der Waals surface area contributed by atoms with Crippen LogP contribution in [0.25, 0.3) is 83.5 Å². The summed E-state index contributed by atoms with van der Waals surface area (Å²) in [6.07, 6.45) is 0. The molecule has 0 saturated carbocycles. The third-order valence-electron chi connectivity index (χ3n) is 9.90. The highest BCUT2D eigenvalue weighted by molar-refractivity contribution is 6.07. The molecule has 0 amide bonds. The van der Waals surface area contributed by atoms with E-state index < -0.39 is 0 Å². The predicted octanol–water partition coefficient (Wildman–Crippen LogP) is 13.8. The van der Waals surface area contributed by atoms with Crippen LogP contribution in [0, 0.1) is 5.82 Å². The van der Waals surface area contributed by atoms with Crippen molar-refractivity contribution in [1.82, 2.24) is 4.57 Å². The lowest BCUT2D eigenvalue weighted by molar-refractivity contribution is 0.628. The quantitative estimate of drug-likeness (QED) is 0.159. The van der Waals surface area contributed by atoms with Crippen molar-refractivity contribution in [3.8, 4) is 72.6 Å². The van der Waals surface area contributed by atoms with Gasteiger partial charge in [0.2, 0.25) is 0 Å². The second kappa shape index (κ2) is 13.5. The minimum Gasteiger partial charge on any atom is -0.309 e. The Morgan fingerprint density at radius 2 is 0.712 bits per heavy atom. The molecular weight excluding hydrogens is 634 g/mol. The number of halogens is 1. The van der Waals surface area contributed by atoms with Crippen molar-refractivity contribution >= 4 is 10.9 Å². The molecule has 0 aliphatic heterocycles. The monoisotopic (exact) mass is 667 g/mol. The summed E-state index contributed by atoms with van der Waals surface area (Å²) < 4.78 is 16.5. The first kappa shape index (κ1) is 31.2. The highest BCUT2D eigenvalue weighted by Gasteiger charge is 2.22. The molecule has 0 spiro atoms. The first-order valence-corrected chi connectivity index (χ1v) is 17.6. The van der Waals surface area contributed by atoms with E-state index in [4.69, 9.17) is 0 Å². The second-order valence-electron chi connectivity index (χ2n) is 13.1. The molecule has 1 heterocycles. The van der Waals surface area contributed by atoms with E-state index in [2.05, 4.69) is 187 Å². The maximum atomic E-state index is 14.1. The van der Waals surface area contributed by atoms with Gasteiger partial charge in [-0.25, -0.2) is 4.39 Å². The fraction of sp³-hybridized carbons (Fsp3) is 0. The number of rotatable bonds is 7. The first-order chi connectivity index (χ1) is 25.7. The summed E-state index contributed by atoms with van der Waals surface area (Å²) >= 11 is 0. The Bertz CT molecular complexity index is 2620. The molecule has 246 valence electrons. The molecule has 52 heavy (non-hydrogen) atoms. The van der Waals surface area contributed by atoms with Gasteiger partial charge < -0.3 is 4.57 Å². The van der Waals surface area contributed by atoms with Crippen molar-refractivity contribution in [2.75, 3.05) is 0 Å². The van der Waals surface area contributed by atoms with Crippen molar-refractivity contribution in [2.24, 2.45) is 0 Å². The molecule has 0 radical (unpaired) electrons. The standard InChI is InChI=1S/C50H34FN/c51-45-18-10-17-43(33-45)40-27-30-46(31-28-40)52-48-32-29-44(39-21-19-37(20-22-39)35-11-4-1-5-12-35)34-47(48)49(50(52)42-15-8-3-9-16-42)41-25-23-38(24-26-41)36-13-6-2-7-14-36/h1-34H. The van der Waals surface area contributed by atoms with Gasteiger partial charge in [-0.2, -0.15) is 0 Å². The number of aromatic nitrogens is 1. The maximum absolute atomic E-state index is 14.1. The van der Waals surface area contributed by atoms with Crippen molar-refractivity contribution in [3.05, 3.63) is 212 Å². The summed E-state index contributed by atoms with van der Waals surface area (Å²) in [4.78, 5) is 0. The van der Waals surface area contributed by atoms with Crippen molar-refractivity contribution in [3.63, 3.8) is 0 Å². The summed E-state index contributed by atoms with van der Waals surface area (Å²) in [5.74, 6) is -0.238. The van der Waals surface area contributed by atoms with Gasteiger partial charge in [0.05, 0.1) is 11.2 Å². The molecule has 8 aromatic carbocycles. The molecule has 0 aliphatic rings. The number of hydrogen-bond donors (Lipinski definition) is 0. The fourth-order valence-corrected chi connectivity index (χ4v) is 7.32. The number of hydrogen-bond acceptors (Lipinski definition) is 0. The molecule has 0 saturated heterocycles. The summed E-state index contributed by atoms with van der Waals surface area (Å²) in [7, 11) is 0. The lowest BCUT2D eigenvalue weighted by Gasteiger charge is -2.14. The van der Waals surface area contributed by atoms with Gasteiger partial charge in [-0.3, -0.25) is 0 Å². The van der Waals surface area contributed by atoms with Crippen molar-refractivity contribution in [2.45, 2.75) is 0 Å². The topological polar surface area (TPSA) is 4.93 Å². The van der Waals surface area contributed by atoms with Crippen molar-refractivity contribution < 1.29 is 4.39 Å². The number of benzene rings is 8. The van der Waals surface area contributed by atoms with E-state index in [1.54, 1.807) is 12.1 Å². The second-order valence-corrected chi connectivity index (χ2v) is 13.1. The van der Waals surface area contributed by atoms with Gasteiger partial charge in [-0.15, -0.1) is 0 Å². The summed E-state index contributed by atoms with van der Waals surface area (Å²) in [5.41, 5.74) is 15.7. The van der Waals surface area contributed by atoms with Crippen LogP contribution in [0.5, 0.6) is 0 Å². The first-order valence-electron chi connectivity index (χ1n) is 17.6. The molecule has 0 aliphatic carbocycles. The largest absolute Gasteiger partial charge is 0.309 e. The Morgan fingerprint density at radius 3 is 1.25 bits per heavy atom. The molecule has 2 heteroatoms. The molecule has 1 nitrogen and oxygen atoms in total. The zero-order valence-electron chi connectivity index (χ0n) is 28.5. The van der Waals surface area contributed by atoms with Crippen LogP contribution < -0.4 is 0 Å². The van der Waals surface area contributed by atoms with E-state index >= 15 is 0 Å². The van der Waals surface area contributed by atoms with Crippen LogP contribution >= 0.6 is 0 Å². The lowest BCUT2D eigenvalue weighted by atomic mass is 9.94. The van der Waals surface area contributed by atoms with Crippen LogP contribution in [0.3, 0.4) is 0 Å². The van der Waals surface area contributed by atoms with Gasteiger partial charge >= 0.3 is 0 Å². The van der Waals surface area contributed by atoms with Gasteiger partial charge in [0.15, 0.2) is 0 Å². The van der Waals surface area contributed by atoms with E-state index in [-0.39, 0.29) is 5.82 Å². The summed E-state index contributed by atoms with van der Waals surface area (Å²) in [6.45, 7) is 0. The average Bonchev–Trinajstić information content (AvgIpc) is 3.56. The minimum atomic E-state index is -0.238. The highest BCUT2D eigenvalue weighted by Crippen LogP contribution is 2.44. The molecule has 9 rings (SSSR count). The number of nitrogens with zero attached hydrogens (tertiary/aromatic N) is 1. The third-order valence-corrected chi connectivity index (χ3v) is 9.90. The Morgan fingerprint density at radius 1 is 0.308 bits per heavy atom.